The van der Waals surface area contributed by atoms with Crippen LogP contribution in [0.4, 0.5) is 0 Å². The van der Waals surface area contributed by atoms with Crippen LogP contribution in [0.25, 0.3) is 0 Å². The van der Waals surface area contributed by atoms with E-state index >= 15 is 0 Å². The number of halogens is 1. The first kappa shape index (κ1) is 17.5. The molecule has 3 rings (SSSR count). The molecular weight excluding hydrogens is 342 g/mol. The van der Waals surface area contributed by atoms with E-state index < -0.39 is 0 Å². The van der Waals surface area contributed by atoms with Gasteiger partial charge in [0.05, 0.1) is 17.1 Å². The van der Waals surface area contributed by atoms with Gasteiger partial charge in [0.25, 0.3) is 11.5 Å². The van der Waals surface area contributed by atoms with Gasteiger partial charge >= 0.3 is 0 Å². The van der Waals surface area contributed by atoms with Crippen molar-refractivity contribution >= 4 is 17.5 Å². The molecule has 0 saturated carbocycles. The maximum atomic E-state index is 12.5. The highest BCUT2D eigenvalue weighted by molar-refractivity contribution is 6.32. The van der Waals surface area contributed by atoms with Crippen molar-refractivity contribution in [3.63, 3.8) is 0 Å². The number of piperazine rings is 1. The van der Waals surface area contributed by atoms with E-state index in [9.17, 15) is 9.59 Å². The van der Waals surface area contributed by atoms with Crippen LogP contribution in [0.1, 0.15) is 10.4 Å². The Morgan fingerprint density at radius 2 is 1.92 bits per heavy atom. The van der Waals surface area contributed by atoms with E-state index in [2.05, 4.69) is 5.32 Å². The lowest BCUT2D eigenvalue weighted by molar-refractivity contribution is 0.0734. The number of rotatable bonds is 5. The van der Waals surface area contributed by atoms with E-state index in [1.165, 1.54) is 10.6 Å². The summed E-state index contributed by atoms with van der Waals surface area (Å²) < 4.78 is 7.11. The van der Waals surface area contributed by atoms with Crippen LogP contribution in [0.15, 0.2) is 47.4 Å². The molecule has 0 spiro atoms. The van der Waals surface area contributed by atoms with Gasteiger partial charge in [-0.25, -0.2) is 0 Å². The maximum absolute atomic E-state index is 12.5. The number of ether oxygens (including phenoxy) is 1. The van der Waals surface area contributed by atoms with Crippen LogP contribution in [0, 0.1) is 0 Å². The predicted octanol–water partition coefficient (Wildman–Crippen LogP) is 1.63. The molecule has 7 heteroatoms. The van der Waals surface area contributed by atoms with Gasteiger partial charge in [0.2, 0.25) is 0 Å². The van der Waals surface area contributed by atoms with E-state index in [4.69, 9.17) is 16.3 Å². The summed E-state index contributed by atoms with van der Waals surface area (Å²) in [5.74, 6) is 0.521. The zero-order valence-corrected chi connectivity index (χ0v) is 14.5. The van der Waals surface area contributed by atoms with Crippen molar-refractivity contribution < 1.29 is 9.53 Å². The van der Waals surface area contributed by atoms with E-state index in [1.54, 1.807) is 29.3 Å². The molecule has 1 aromatic carbocycles. The van der Waals surface area contributed by atoms with E-state index in [1.807, 2.05) is 12.1 Å². The van der Waals surface area contributed by atoms with Gasteiger partial charge in [0.15, 0.2) is 0 Å². The van der Waals surface area contributed by atoms with Gasteiger partial charge in [-0.2, -0.15) is 0 Å². The first-order chi connectivity index (χ1) is 12.1. The van der Waals surface area contributed by atoms with Gasteiger partial charge in [-0.1, -0.05) is 23.7 Å². The summed E-state index contributed by atoms with van der Waals surface area (Å²) in [4.78, 5) is 26.4. The number of nitrogens with zero attached hydrogens (tertiary/aromatic N) is 2. The minimum absolute atomic E-state index is 0.0535. The number of carbonyl (C=O) groups is 1. The third-order valence-electron chi connectivity index (χ3n) is 4.06. The van der Waals surface area contributed by atoms with Crippen molar-refractivity contribution in [1.82, 2.24) is 14.8 Å². The number of benzene rings is 1. The Kier molecular flexibility index (Phi) is 5.73. The fraction of sp³-hybridized carbons (Fsp3) is 0.333. The number of hydrogen-bond donors (Lipinski definition) is 1. The average Bonchev–Trinajstić information content (AvgIpc) is 2.65. The molecule has 1 saturated heterocycles. The third-order valence-corrected chi connectivity index (χ3v) is 4.37. The lowest BCUT2D eigenvalue weighted by Crippen LogP contribution is -2.46. The predicted molar refractivity (Wildman–Crippen MR) is 96.4 cm³/mol. The van der Waals surface area contributed by atoms with Crippen molar-refractivity contribution in [2.75, 3.05) is 32.8 Å². The number of pyridine rings is 1. The molecule has 25 heavy (non-hydrogen) atoms. The monoisotopic (exact) mass is 361 g/mol. The minimum atomic E-state index is -0.167. The molecule has 0 aliphatic carbocycles. The van der Waals surface area contributed by atoms with E-state index in [-0.39, 0.29) is 18.1 Å². The van der Waals surface area contributed by atoms with E-state index in [0.29, 0.717) is 36.0 Å². The number of carbonyl (C=O) groups excluding carboxylic acids is 1. The molecule has 0 radical (unpaired) electrons. The summed E-state index contributed by atoms with van der Waals surface area (Å²) in [7, 11) is 0. The first-order valence-corrected chi connectivity index (χ1v) is 8.61. The molecule has 1 aliphatic rings. The largest absolute Gasteiger partial charge is 0.490 e. The van der Waals surface area contributed by atoms with Crippen LogP contribution in [0.2, 0.25) is 5.02 Å². The Balaban J connectivity index is 1.66. The zero-order valence-electron chi connectivity index (χ0n) is 13.8. The van der Waals surface area contributed by atoms with Crippen LogP contribution >= 0.6 is 11.6 Å². The van der Waals surface area contributed by atoms with Gasteiger partial charge in [0.1, 0.15) is 12.4 Å². The smallest absolute Gasteiger partial charge is 0.255 e. The third kappa shape index (κ3) is 4.41. The van der Waals surface area contributed by atoms with Gasteiger partial charge < -0.3 is 19.5 Å². The van der Waals surface area contributed by atoms with Crippen molar-refractivity contribution in [2.24, 2.45) is 0 Å². The topological polar surface area (TPSA) is 63.6 Å². The Morgan fingerprint density at radius 3 is 2.68 bits per heavy atom. The second-order valence-corrected chi connectivity index (χ2v) is 6.18. The van der Waals surface area contributed by atoms with Crippen molar-refractivity contribution in [1.29, 1.82) is 0 Å². The van der Waals surface area contributed by atoms with Crippen LogP contribution in [0.5, 0.6) is 5.75 Å². The summed E-state index contributed by atoms with van der Waals surface area (Å²) in [6.07, 6.45) is 1.60. The molecular formula is C18H20ClN3O3. The Hall–Kier alpha value is -2.31. The van der Waals surface area contributed by atoms with Gasteiger partial charge in [-0.15, -0.1) is 0 Å². The van der Waals surface area contributed by atoms with Crippen LogP contribution in [-0.4, -0.2) is 48.2 Å². The highest BCUT2D eigenvalue weighted by atomic mass is 35.5. The molecule has 132 valence electrons. The SMILES string of the molecule is O=C(c1ccc(=O)n(CCOc2ccccc2Cl)c1)N1CCNCC1. The highest BCUT2D eigenvalue weighted by Crippen LogP contribution is 2.22. The fourth-order valence-corrected chi connectivity index (χ4v) is 2.89. The van der Waals surface area contributed by atoms with Crippen molar-refractivity contribution in [3.8, 4) is 5.75 Å². The van der Waals surface area contributed by atoms with Gasteiger partial charge in [-0.3, -0.25) is 9.59 Å². The number of nitrogens with one attached hydrogen (secondary N) is 1. The summed E-state index contributed by atoms with van der Waals surface area (Å²) in [5, 5.41) is 3.74. The van der Waals surface area contributed by atoms with Crippen LogP contribution in [-0.2, 0) is 6.54 Å². The fourth-order valence-electron chi connectivity index (χ4n) is 2.70. The average molecular weight is 362 g/mol. The highest BCUT2D eigenvalue weighted by Gasteiger charge is 2.18. The molecule has 2 aromatic rings. The lowest BCUT2D eigenvalue weighted by Gasteiger charge is -2.27. The quantitative estimate of drug-likeness (QED) is 0.879. The summed E-state index contributed by atoms with van der Waals surface area (Å²) in [6.45, 7) is 3.55. The normalized spacial score (nSPS) is 14.4. The second-order valence-electron chi connectivity index (χ2n) is 5.77. The first-order valence-electron chi connectivity index (χ1n) is 8.23. The Morgan fingerprint density at radius 1 is 1.16 bits per heavy atom. The molecule has 0 atom stereocenters. The van der Waals surface area contributed by atoms with Crippen LogP contribution in [0.3, 0.4) is 0 Å². The summed E-state index contributed by atoms with van der Waals surface area (Å²) in [6, 6.07) is 10.2. The number of hydrogen-bond acceptors (Lipinski definition) is 4. The number of para-hydroxylation sites is 1. The number of aromatic nitrogens is 1. The van der Waals surface area contributed by atoms with Crippen molar-refractivity contribution in [2.45, 2.75) is 6.54 Å². The Bertz CT molecular complexity index is 800. The summed E-state index contributed by atoms with van der Waals surface area (Å²) in [5.41, 5.74) is 0.346. The summed E-state index contributed by atoms with van der Waals surface area (Å²) >= 11 is 6.04. The second kappa shape index (κ2) is 8.18. The zero-order chi connectivity index (χ0) is 17.6. The molecule has 1 N–H and O–H groups in total. The van der Waals surface area contributed by atoms with Crippen LogP contribution < -0.4 is 15.6 Å². The molecule has 1 fully saturated rings. The maximum Gasteiger partial charge on any atom is 0.255 e. The van der Waals surface area contributed by atoms with Gasteiger partial charge in [0, 0.05) is 38.4 Å². The molecule has 1 aliphatic heterocycles. The number of amides is 1. The lowest BCUT2D eigenvalue weighted by atomic mass is 10.2. The molecule has 1 amide bonds. The molecule has 1 aromatic heterocycles. The molecule has 0 bridgehead atoms. The standard InChI is InChI=1S/C18H20ClN3O3/c19-15-3-1-2-4-16(15)25-12-11-22-13-14(5-6-17(22)23)18(24)21-9-7-20-8-10-21/h1-6,13,20H,7-12H2. The molecule has 0 unspecified atom stereocenters. The van der Waals surface area contributed by atoms with Crippen molar-refractivity contribution in [3.05, 3.63) is 63.5 Å². The molecule has 6 nitrogen and oxygen atoms in total. The molecule has 2 heterocycles. The van der Waals surface area contributed by atoms with E-state index in [0.717, 1.165) is 13.1 Å². The minimum Gasteiger partial charge on any atom is -0.490 e. The van der Waals surface area contributed by atoms with Gasteiger partial charge in [-0.05, 0) is 18.2 Å². The Labute approximate surface area is 151 Å².